The van der Waals surface area contributed by atoms with Crippen molar-refractivity contribution in [2.24, 2.45) is 0 Å². The van der Waals surface area contributed by atoms with Gasteiger partial charge >= 0.3 is 6.18 Å². The second-order valence-electron chi connectivity index (χ2n) is 3.91. The third-order valence-corrected chi connectivity index (χ3v) is 2.72. The fourth-order valence-electron chi connectivity index (χ4n) is 1.81. The molecule has 8 heteroatoms. The van der Waals surface area contributed by atoms with Gasteiger partial charge in [0.2, 0.25) is 0 Å². The lowest BCUT2D eigenvalue weighted by atomic mass is 10.1. The van der Waals surface area contributed by atoms with E-state index in [1.165, 1.54) is 6.08 Å². The number of hydrogen-bond donors (Lipinski definition) is 1. The van der Waals surface area contributed by atoms with Gasteiger partial charge in [-0.05, 0) is 12.5 Å². The molecule has 0 aliphatic carbocycles. The molecule has 0 radical (unpaired) electrons. The van der Waals surface area contributed by atoms with E-state index in [9.17, 15) is 18.0 Å². The smallest absolute Gasteiger partial charge is 0.315 e. The van der Waals surface area contributed by atoms with Crippen molar-refractivity contribution in [2.45, 2.75) is 19.5 Å². The quantitative estimate of drug-likeness (QED) is 0.852. The zero-order valence-corrected chi connectivity index (χ0v) is 10.0. The molecule has 5 nitrogen and oxygen atoms in total. The predicted molar refractivity (Wildman–Crippen MR) is 61.4 cm³/mol. The molecule has 2 rings (SSSR count). The highest BCUT2D eigenvalue weighted by atomic mass is 19.4. The van der Waals surface area contributed by atoms with Crippen LogP contribution in [-0.4, -0.2) is 34.4 Å². The highest BCUT2D eigenvalue weighted by Crippen LogP contribution is 2.34. The number of anilines is 1. The highest BCUT2D eigenvalue weighted by Gasteiger charge is 2.40. The van der Waals surface area contributed by atoms with Crippen molar-refractivity contribution < 1.29 is 18.0 Å². The number of H-pyrrole nitrogens is 1. The summed E-state index contributed by atoms with van der Waals surface area (Å²) < 4.78 is 39.1. The molecule has 0 unspecified atom stereocenters. The van der Waals surface area contributed by atoms with Gasteiger partial charge in [-0.3, -0.25) is 4.79 Å². The third kappa shape index (κ3) is 2.51. The van der Waals surface area contributed by atoms with Gasteiger partial charge in [-0.25, -0.2) is 0 Å². The van der Waals surface area contributed by atoms with Crippen molar-refractivity contribution in [1.29, 1.82) is 0 Å². The van der Waals surface area contributed by atoms with Crippen LogP contribution in [0.15, 0.2) is 23.4 Å². The number of aldehydes is 1. The van der Waals surface area contributed by atoms with Crippen LogP contribution in [0.4, 0.5) is 19.0 Å². The van der Waals surface area contributed by atoms with Crippen molar-refractivity contribution in [3.05, 3.63) is 29.1 Å². The fourth-order valence-corrected chi connectivity index (χ4v) is 1.81. The molecule has 1 aliphatic rings. The topological polar surface area (TPSA) is 61.9 Å². The minimum atomic E-state index is -4.56. The van der Waals surface area contributed by atoms with Crippen molar-refractivity contribution in [3.63, 3.8) is 0 Å². The molecular weight excluding hydrogens is 261 g/mol. The van der Waals surface area contributed by atoms with Crippen LogP contribution in [0.1, 0.15) is 12.6 Å². The maximum absolute atomic E-state index is 13.0. The Morgan fingerprint density at radius 2 is 2.21 bits per heavy atom. The number of nitrogens with zero attached hydrogens (tertiary/aromatic N) is 3. The first-order valence-electron chi connectivity index (χ1n) is 5.58. The molecule has 0 spiro atoms. The molecule has 0 saturated carbocycles. The van der Waals surface area contributed by atoms with Gasteiger partial charge in [-0.15, -0.1) is 5.10 Å². The Morgan fingerprint density at radius 3 is 2.79 bits per heavy atom. The van der Waals surface area contributed by atoms with Crippen LogP contribution in [0.2, 0.25) is 0 Å². The summed E-state index contributed by atoms with van der Waals surface area (Å²) in [5.41, 5.74) is -0.469. The maximum Gasteiger partial charge on any atom is 0.431 e. The summed E-state index contributed by atoms with van der Waals surface area (Å²) >= 11 is 0. The number of carbonyl (C=O) groups excluding carboxylic acids is 1. The number of aryl methyl sites for hydroxylation is 1. The summed E-state index contributed by atoms with van der Waals surface area (Å²) in [6.07, 6.45) is -1.49. The lowest BCUT2D eigenvalue weighted by molar-refractivity contribution is -0.104. The minimum absolute atomic E-state index is 0.00474. The van der Waals surface area contributed by atoms with E-state index in [4.69, 9.17) is 0 Å². The Bertz CT molecular complexity index is 544. The Kier molecular flexibility index (Phi) is 3.41. The van der Waals surface area contributed by atoms with E-state index in [1.807, 2.05) is 0 Å². The van der Waals surface area contributed by atoms with Gasteiger partial charge in [0.1, 0.15) is 17.7 Å². The average Bonchev–Trinajstić information content (AvgIpc) is 2.85. The largest absolute Gasteiger partial charge is 0.431 e. The molecule has 1 N–H and O–H groups in total. The normalized spacial score (nSPS) is 16.1. The summed E-state index contributed by atoms with van der Waals surface area (Å²) in [6, 6.07) is 0. The zero-order valence-electron chi connectivity index (χ0n) is 10.0. The molecule has 1 aromatic heterocycles. The van der Waals surface area contributed by atoms with E-state index in [0.29, 0.717) is 18.4 Å². The second kappa shape index (κ2) is 4.87. The molecule has 0 aromatic carbocycles. The average molecular weight is 272 g/mol. The Balaban J connectivity index is 2.44. The number of rotatable bonds is 3. The van der Waals surface area contributed by atoms with Gasteiger partial charge in [-0.1, -0.05) is 13.0 Å². The van der Waals surface area contributed by atoms with Crippen LogP contribution in [0.5, 0.6) is 0 Å². The van der Waals surface area contributed by atoms with Crippen LogP contribution < -0.4 is 4.90 Å². The van der Waals surface area contributed by atoms with Gasteiger partial charge in [0, 0.05) is 12.1 Å². The van der Waals surface area contributed by atoms with E-state index >= 15 is 0 Å². The zero-order chi connectivity index (χ0) is 14.0. The summed E-state index contributed by atoms with van der Waals surface area (Å²) in [5, 5.41) is 9.88. The number of alkyl halides is 3. The van der Waals surface area contributed by atoms with Gasteiger partial charge in [0.15, 0.2) is 5.82 Å². The molecule has 0 amide bonds. The van der Waals surface area contributed by atoms with E-state index in [2.05, 4.69) is 15.4 Å². The molecule has 1 aromatic rings. The monoisotopic (exact) mass is 272 g/mol. The van der Waals surface area contributed by atoms with Crippen LogP contribution in [-0.2, 0) is 11.2 Å². The fraction of sp³-hybridized carbons (Fsp3) is 0.364. The van der Waals surface area contributed by atoms with Gasteiger partial charge in [-0.2, -0.15) is 23.5 Å². The summed E-state index contributed by atoms with van der Waals surface area (Å²) in [4.78, 5) is 11.6. The van der Waals surface area contributed by atoms with E-state index in [1.54, 1.807) is 6.92 Å². The molecular formula is C11H11F3N4O. The maximum atomic E-state index is 13.0. The van der Waals surface area contributed by atoms with E-state index in [0.717, 1.165) is 11.0 Å². The first-order chi connectivity index (χ1) is 8.97. The Morgan fingerprint density at radius 1 is 1.47 bits per heavy atom. The van der Waals surface area contributed by atoms with Crippen molar-refractivity contribution in [2.75, 3.05) is 11.4 Å². The molecule has 0 bridgehead atoms. The molecule has 102 valence electrons. The number of allylic oxidation sites excluding steroid dienone is 3. The number of carbonyl (C=O) groups is 1. The van der Waals surface area contributed by atoms with Gasteiger partial charge in [0.25, 0.3) is 0 Å². The molecule has 0 fully saturated rings. The lowest BCUT2D eigenvalue weighted by Crippen LogP contribution is -2.35. The number of aromatic nitrogens is 3. The summed E-state index contributed by atoms with van der Waals surface area (Å²) in [7, 11) is 0. The summed E-state index contributed by atoms with van der Waals surface area (Å²) in [6.45, 7) is 1.70. The van der Waals surface area contributed by atoms with Crippen molar-refractivity contribution in [3.8, 4) is 0 Å². The van der Waals surface area contributed by atoms with E-state index in [-0.39, 0.29) is 17.9 Å². The molecule has 1 aliphatic heterocycles. The number of aromatic amines is 1. The van der Waals surface area contributed by atoms with Crippen LogP contribution in [0.3, 0.4) is 0 Å². The molecule has 0 atom stereocenters. The lowest BCUT2D eigenvalue weighted by Gasteiger charge is -2.28. The van der Waals surface area contributed by atoms with Gasteiger partial charge < -0.3 is 4.90 Å². The van der Waals surface area contributed by atoms with Crippen molar-refractivity contribution in [1.82, 2.24) is 15.4 Å². The van der Waals surface area contributed by atoms with E-state index < -0.39 is 11.9 Å². The summed E-state index contributed by atoms with van der Waals surface area (Å²) in [5.74, 6) is 0.132. The third-order valence-electron chi connectivity index (χ3n) is 2.72. The van der Waals surface area contributed by atoms with Crippen molar-refractivity contribution >= 4 is 12.1 Å². The molecule has 0 saturated heterocycles. The van der Waals surface area contributed by atoms with Crippen LogP contribution in [0, 0.1) is 0 Å². The predicted octanol–water partition coefficient (Wildman–Crippen LogP) is 1.76. The molecule has 19 heavy (non-hydrogen) atoms. The first kappa shape index (κ1) is 13.3. The Labute approximate surface area is 106 Å². The number of hydrogen-bond acceptors (Lipinski definition) is 4. The van der Waals surface area contributed by atoms with Crippen LogP contribution >= 0.6 is 0 Å². The van der Waals surface area contributed by atoms with Gasteiger partial charge in [0.05, 0.1) is 0 Å². The number of nitrogens with one attached hydrogen (secondary N) is 1. The SMILES string of the molecule is CCc1n[nH]nc1N1CC=C(C=O)C=C1C(F)(F)F. The highest BCUT2D eigenvalue weighted by molar-refractivity contribution is 5.79. The second-order valence-corrected chi connectivity index (χ2v) is 3.91. The minimum Gasteiger partial charge on any atom is -0.315 e. The Hall–Kier alpha value is -2.12. The number of halogens is 3. The standard InChI is InChI=1S/C11H11F3N4O/c1-2-8-10(16-17-15-8)18-4-3-7(6-19)5-9(18)11(12,13)14/h3,5-6H,2,4H2,1H3,(H,15,16,17). The van der Waals surface area contributed by atoms with Crippen LogP contribution in [0.25, 0.3) is 0 Å². The molecule has 2 heterocycles. The first-order valence-corrected chi connectivity index (χ1v) is 5.58.